The van der Waals surface area contributed by atoms with Crippen molar-refractivity contribution in [3.63, 3.8) is 0 Å². The minimum Gasteiger partial charge on any atom is -0.488 e. The molecular weight excluding hydrogens is 264 g/mol. The van der Waals surface area contributed by atoms with Gasteiger partial charge in [-0.2, -0.15) is 0 Å². The second-order valence-corrected chi connectivity index (χ2v) is 5.44. The van der Waals surface area contributed by atoms with Gasteiger partial charge in [0.25, 0.3) is 0 Å². The van der Waals surface area contributed by atoms with E-state index in [2.05, 4.69) is 26.0 Å². The third kappa shape index (κ3) is 3.63. The number of ether oxygens (including phenoxy) is 1. The second kappa shape index (κ2) is 6.44. The van der Waals surface area contributed by atoms with Crippen molar-refractivity contribution in [2.45, 2.75) is 33.3 Å². The molecule has 0 saturated heterocycles. The highest BCUT2D eigenvalue weighted by Gasteiger charge is 2.13. The smallest absolute Gasteiger partial charge is 0.339 e. The summed E-state index contributed by atoms with van der Waals surface area (Å²) in [4.78, 5) is 11.2. The Morgan fingerprint density at radius 1 is 1.14 bits per heavy atom. The normalized spacial score (nSPS) is 10.7. The first-order valence-corrected chi connectivity index (χ1v) is 7.03. The minimum absolute atomic E-state index is 0.203. The van der Waals surface area contributed by atoms with Crippen molar-refractivity contribution in [3.05, 3.63) is 64.7 Å². The summed E-state index contributed by atoms with van der Waals surface area (Å²) in [5.74, 6) is -0.0308. The zero-order chi connectivity index (χ0) is 15.4. The molecule has 110 valence electrons. The van der Waals surface area contributed by atoms with Crippen LogP contribution in [0.4, 0.5) is 0 Å². The summed E-state index contributed by atoms with van der Waals surface area (Å²) in [6, 6.07) is 13.3. The first-order chi connectivity index (χ1) is 9.99. The number of benzene rings is 2. The van der Waals surface area contributed by atoms with Crippen LogP contribution in [0.1, 0.15) is 46.8 Å². The van der Waals surface area contributed by atoms with Gasteiger partial charge >= 0.3 is 5.97 Å². The molecular formula is C18H20O3. The molecule has 21 heavy (non-hydrogen) atoms. The van der Waals surface area contributed by atoms with Crippen LogP contribution in [0.5, 0.6) is 5.75 Å². The average molecular weight is 284 g/mol. The number of aryl methyl sites for hydroxylation is 1. The van der Waals surface area contributed by atoms with E-state index in [1.165, 1.54) is 5.56 Å². The molecule has 2 rings (SSSR count). The Hall–Kier alpha value is -2.29. The number of carboxylic acids is 1. The van der Waals surface area contributed by atoms with Crippen molar-refractivity contribution in [2.24, 2.45) is 0 Å². The largest absolute Gasteiger partial charge is 0.488 e. The summed E-state index contributed by atoms with van der Waals surface area (Å²) in [7, 11) is 0. The first-order valence-electron chi connectivity index (χ1n) is 7.03. The van der Waals surface area contributed by atoms with Gasteiger partial charge in [-0.25, -0.2) is 4.79 Å². The number of carboxylic acid groups (broad SMARTS) is 1. The second-order valence-electron chi connectivity index (χ2n) is 5.44. The Morgan fingerprint density at radius 2 is 1.81 bits per heavy atom. The van der Waals surface area contributed by atoms with Gasteiger partial charge in [-0.05, 0) is 35.6 Å². The van der Waals surface area contributed by atoms with Gasteiger partial charge in [0.05, 0.1) is 0 Å². The predicted molar refractivity (Wildman–Crippen MR) is 83.0 cm³/mol. The molecule has 0 atom stereocenters. The molecule has 0 aliphatic carbocycles. The molecule has 0 heterocycles. The Kier molecular flexibility index (Phi) is 4.63. The fourth-order valence-corrected chi connectivity index (χ4v) is 2.17. The molecule has 3 nitrogen and oxygen atoms in total. The maximum atomic E-state index is 11.2. The van der Waals surface area contributed by atoms with Crippen LogP contribution in [-0.4, -0.2) is 11.1 Å². The van der Waals surface area contributed by atoms with E-state index in [1.807, 2.05) is 25.1 Å². The molecule has 0 saturated carbocycles. The maximum Gasteiger partial charge on any atom is 0.339 e. The Morgan fingerprint density at radius 3 is 2.38 bits per heavy atom. The van der Waals surface area contributed by atoms with Crippen molar-refractivity contribution < 1.29 is 14.6 Å². The van der Waals surface area contributed by atoms with Crippen molar-refractivity contribution in [2.75, 3.05) is 0 Å². The van der Waals surface area contributed by atoms with Crippen molar-refractivity contribution >= 4 is 5.97 Å². The van der Waals surface area contributed by atoms with Gasteiger partial charge in [0.1, 0.15) is 17.9 Å². The molecule has 0 aliphatic rings. The fourth-order valence-electron chi connectivity index (χ4n) is 2.17. The van der Waals surface area contributed by atoms with Crippen LogP contribution >= 0.6 is 0 Å². The molecule has 0 radical (unpaired) electrons. The average Bonchev–Trinajstić information content (AvgIpc) is 2.46. The first kappa shape index (κ1) is 15.1. The van der Waals surface area contributed by atoms with E-state index in [4.69, 9.17) is 4.74 Å². The summed E-state index contributed by atoms with van der Waals surface area (Å²) < 4.78 is 5.73. The van der Waals surface area contributed by atoms with Crippen molar-refractivity contribution in [1.82, 2.24) is 0 Å². The van der Waals surface area contributed by atoms with E-state index in [1.54, 1.807) is 12.1 Å². The number of rotatable bonds is 5. The van der Waals surface area contributed by atoms with Crippen LogP contribution < -0.4 is 4.74 Å². The summed E-state index contributed by atoms with van der Waals surface area (Å²) in [5.41, 5.74) is 3.34. The van der Waals surface area contributed by atoms with Gasteiger partial charge in [0.15, 0.2) is 0 Å². The van der Waals surface area contributed by atoms with Crippen LogP contribution in [0.3, 0.4) is 0 Å². The molecule has 0 amide bonds. The van der Waals surface area contributed by atoms with Gasteiger partial charge < -0.3 is 9.84 Å². The molecule has 0 aliphatic heterocycles. The van der Waals surface area contributed by atoms with E-state index in [0.29, 0.717) is 18.3 Å². The van der Waals surface area contributed by atoms with E-state index in [0.717, 1.165) is 11.1 Å². The summed E-state index contributed by atoms with van der Waals surface area (Å²) in [5, 5.41) is 9.20. The molecule has 2 aromatic rings. The number of aromatic carboxylic acids is 1. The van der Waals surface area contributed by atoms with Gasteiger partial charge in [0, 0.05) is 0 Å². The Balaban J connectivity index is 2.15. The lowest BCUT2D eigenvalue weighted by molar-refractivity contribution is 0.0691. The standard InChI is InChI=1S/C18H20O3/c1-12(2)15-9-7-14(8-10-15)11-21-17-13(3)5-4-6-16(17)18(19)20/h4-10,12H,11H2,1-3H3,(H,19,20). The van der Waals surface area contributed by atoms with Gasteiger partial charge in [-0.3, -0.25) is 0 Å². The molecule has 0 spiro atoms. The van der Waals surface area contributed by atoms with Crippen LogP contribution in [0.15, 0.2) is 42.5 Å². The lowest BCUT2D eigenvalue weighted by Gasteiger charge is -2.12. The lowest BCUT2D eigenvalue weighted by atomic mass is 10.0. The SMILES string of the molecule is Cc1cccc(C(=O)O)c1OCc1ccc(C(C)C)cc1. The number of para-hydroxylation sites is 1. The highest BCUT2D eigenvalue weighted by molar-refractivity contribution is 5.91. The van der Waals surface area contributed by atoms with Crippen LogP contribution in [0, 0.1) is 6.92 Å². The monoisotopic (exact) mass is 284 g/mol. The zero-order valence-electron chi connectivity index (χ0n) is 12.6. The number of carbonyl (C=O) groups is 1. The molecule has 0 aromatic heterocycles. The highest BCUT2D eigenvalue weighted by atomic mass is 16.5. The number of hydrogen-bond acceptors (Lipinski definition) is 2. The summed E-state index contributed by atoms with van der Waals surface area (Å²) >= 11 is 0. The molecule has 0 fully saturated rings. The zero-order valence-corrected chi connectivity index (χ0v) is 12.6. The van der Waals surface area contributed by atoms with Crippen LogP contribution in [-0.2, 0) is 6.61 Å². The lowest BCUT2D eigenvalue weighted by Crippen LogP contribution is -2.05. The summed E-state index contributed by atoms with van der Waals surface area (Å²) in [6.07, 6.45) is 0. The number of hydrogen-bond donors (Lipinski definition) is 1. The quantitative estimate of drug-likeness (QED) is 0.885. The Labute approximate surface area is 125 Å². The molecule has 2 aromatic carbocycles. The van der Waals surface area contributed by atoms with Crippen molar-refractivity contribution in [3.8, 4) is 5.75 Å². The van der Waals surface area contributed by atoms with Crippen LogP contribution in [0.25, 0.3) is 0 Å². The highest BCUT2D eigenvalue weighted by Crippen LogP contribution is 2.25. The third-order valence-electron chi connectivity index (χ3n) is 3.47. The van der Waals surface area contributed by atoms with Gasteiger partial charge in [0.2, 0.25) is 0 Å². The van der Waals surface area contributed by atoms with E-state index < -0.39 is 5.97 Å². The van der Waals surface area contributed by atoms with E-state index >= 15 is 0 Å². The predicted octanol–water partition coefficient (Wildman–Crippen LogP) is 4.40. The van der Waals surface area contributed by atoms with Crippen LogP contribution in [0.2, 0.25) is 0 Å². The third-order valence-corrected chi connectivity index (χ3v) is 3.47. The fraction of sp³-hybridized carbons (Fsp3) is 0.278. The molecule has 0 bridgehead atoms. The molecule has 0 unspecified atom stereocenters. The van der Waals surface area contributed by atoms with Gasteiger partial charge in [-0.1, -0.05) is 50.2 Å². The Bertz CT molecular complexity index is 627. The van der Waals surface area contributed by atoms with Crippen molar-refractivity contribution in [1.29, 1.82) is 0 Å². The topological polar surface area (TPSA) is 46.5 Å². The van der Waals surface area contributed by atoms with Gasteiger partial charge in [-0.15, -0.1) is 0 Å². The summed E-state index contributed by atoms with van der Waals surface area (Å²) in [6.45, 7) is 6.52. The van der Waals surface area contributed by atoms with E-state index in [9.17, 15) is 9.90 Å². The molecule has 3 heteroatoms. The molecule has 1 N–H and O–H groups in total. The maximum absolute atomic E-state index is 11.2. The van der Waals surface area contributed by atoms with E-state index in [-0.39, 0.29) is 5.56 Å². The minimum atomic E-state index is -0.969.